The van der Waals surface area contributed by atoms with Gasteiger partial charge in [0.25, 0.3) is 0 Å². The number of hydrogen-bond acceptors (Lipinski definition) is 6. The van der Waals surface area contributed by atoms with Crippen molar-refractivity contribution < 1.29 is 24.3 Å². The second-order valence-corrected chi connectivity index (χ2v) is 12.9. The standard InChI is InChI=1S/C33H30N2O5S/c1-18-8-6-12-23(28(18)36)27-21-13-14-22-26(31(39)34(29(22)37)17-20-11-7-15-41-20)24(21)16-25-30(38)35(32(40)33(25,27)2)19-9-4-3-5-10-19/h3-13,15,22,24-27,36H,14,16-17H2,1-2H3. The Balaban J connectivity index is 1.36. The van der Waals surface area contributed by atoms with Gasteiger partial charge < -0.3 is 5.11 Å². The largest absolute Gasteiger partial charge is 0.507 e. The summed E-state index contributed by atoms with van der Waals surface area (Å²) in [6.07, 6.45) is 2.70. The summed E-state index contributed by atoms with van der Waals surface area (Å²) in [6, 6.07) is 18.2. The number of fused-ring (bicyclic) bond motifs is 4. The summed E-state index contributed by atoms with van der Waals surface area (Å²) in [7, 11) is 0. The molecule has 1 N–H and O–H groups in total. The molecule has 4 amide bonds. The van der Waals surface area contributed by atoms with Gasteiger partial charge >= 0.3 is 0 Å². The molecule has 3 aromatic rings. The van der Waals surface area contributed by atoms with Crippen LogP contribution in [-0.2, 0) is 25.7 Å². The van der Waals surface area contributed by atoms with Gasteiger partial charge in [-0.05, 0) is 61.7 Å². The summed E-state index contributed by atoms with van der Waals surface area (Å²) < 4.78 is 0. The van der Waals surface area contributed by atoms with Gasteiger partial charge in [-0.3, -0.25) is 24.1 Å². The molecule has 6 unspecified atom stereocenters. The van der Waals surface area contributed by atoms with Gasteiger partial charge in [0.15, 0.2) is 0 Å². The van der Waals surface area contributed by atoms with E-state index in [0.717, 1.165) is 10.5 Å². The fraction of sp³-hybridized carbons (Fsp3) is 0.333. The van der Waals surface area contributed by atoms with Crippen molar-refractivity contribution in [3.63, 3.8) is 0 Å². The Morgan fingerprint density at radius 2 is 1.71 bits per heavy atom. The fourth-order valence-electron chi connectivity index (χ4n) is 7.88. The number of phenolic OH excluding ortho intramolecular Hbond substituents is 1. The number of para-hydroxylation sites is 2. The van der Waals surface area contributed by atoms with Gasteiger partial charge in [-0.1, -0.05) is 54.1 Å². The molecule has 1 saturated carbocycles. The van der Waals surface area contributed by atoms with Crippen molar-refractivity contribution in [1.29, 1.82) is 0 Å². The van der Waals surface area contributed by atoms with E-state index in [4.69, 9.17) is 0 Å². The van der Waals surface area contributed by atoms with E-state index >= 15 is 0 Å². The molecule has 3 heterocycles. The van der Waals surface area contributed by atoms with Gasteiger partial charge in [0.2, 0.25) is 23.6 Å². The number of imide groups is 2. The number of aromatic hydroxyl groups is 1. The summed E-state index contributed by atoms with van der Waals surface area (Å²) in [5.41, 5.74) is 1.46. The van der Waals surface area contributed by atoms with Crippen LogP contribution in [0.5, 0.6) is 5.75 Å². The van der Waals surface area contributed by atoms with Crippen molar-refractivity contribution in [2.75, 3.05) is 4.90 Å². The Morgan fingerprint density at radius 1 is 0.927 bits per heavy atom. The monoisotopic (exact) mass is 566 g/mol. The molecule has 2 aromatic carbocycles. The number of aryl methyl sites for hydroxylation is 1. The SMILES string of the molecule is Cc1cccc(C2C3=CCC4C(=O)N(Cc5cccs5)C(=O)C4C3CC3C(=O)N(c4ccccc4)C(=O)C32C)c1O. The number of benzene rings is 2. The summed E-state index contributed by atoms with van der Waals surface area (Å²) in [6.45, 7) is 3.89. The maximum atomic E-state index is 14.4. The number of phenols is 1. The average Bonchev–Trinajstić information content (AvgIpc) is 3.62. The first-order valence-corrected chi connectivity index (χ1v) is 14.9. The Kier molecular flexibility index (Phi) is 5.84. The third-order valence-electron chi connectivity index (χ3n) is 9.85. The molecular formula is C33H30N2O5S. The van der Waals surface area contributed by atoms with E-state index < -0.39 is 35.0 Å². The van der Waals surface area contributed by atoms with Crippen molar-refractivity contribution in [2.45, 2.75) is 39.2 Å². The van der Waals surface area contributed by atoms with E-state index in [-0.39, 0.29) is 35.9 Å². The number of thiophene rings is 1. The van der Waals surface area contributed by atoms with Crippen LogP contribution in [0.2, 0.25) is 0 Å². The molecule has 0 bridgehead atoms. The van der Waals surface area contributed by atoms with Crippen molar-refractivity contribution in [3.8, 4) is 5.75 Å². The first-order valence-electron chi connectivity index (χ1n) is 14.0. The third kappa shape index (κ3) is 3.56. The highest BCUT2D eigenvalue weighted by Crippen LogP contribution is 2.64. The summed E-state index contributed by atoms with van der Waals surface area (Å²) in [5, 5.41) is 13.2. The number of carbonyl (C=O) groups excluding carboxylic acids is 4. The molecule has 41 heavy (non-hydrogen) atoms. The quantitative estimate of drug-likeness (QED) is 0.346. The van der Waals surface area contributed by atoms with Crippen LogP contribution in [0, 0.1) is 36.0 Å². The van der Waals surface area contributed by atoms with Gasteiger partial charge in [0.05, 0.1) is 35.4 Å². The topological polar surface area (TPSA) is 95.0 Å². The number of anilines is 1. The Labute approximate surface area is 242 Å². The maximum Gasteiger partial charge on any atom is 0.241 e. The van der Waals surface area contributed by atoms with Crippen LogP contribution in [0.15, 0.2) is 77.7 Å². The molecular weight excluding hydrogens is 536 g/mol. The third-order valence-corrected chi connectivity index (χ3v) is 10.7. The highest BCUT2D eigenvalue weighted by Gasteiger charge is 2.67. The number of carbonyl (C=O) groups is 4. The van der Waals surface area contributed by atoms with Gasteiger partial charge in [-0.15, -0.1) is 11.3 Å². The highest BCUT2D eigenvalue weighted by molar-refractivity contribution is 7.09. The van der Waals surface area contributed by atoms with Crippen LogP contribution in [0.1, 0.15) is 41.7 Å². The van der Waals surface area contributed by atoms with E-state index in [1.165, 1.54) is 21.1 Å². The summed E-state index contributed by atoms with van der Waals surface area (Å²) >= 11 is 1.51. The van der Waals surface area contributed by atoms with Gasteiger partial charge in [0.1, 0.15) is 5.75 Å². The zero-order valence-electron chi connectivity index (χ0n) is 22.8. The molecule has 7 nitrogen and oxygen atoms in total. The average molecular weight is 567 g/mol. The Morgan fingerprint density at radius 3 is 2.44 bits per heavy atom. The zero-order chi connectivity index (χ0) is 28.6. The number of rotatable bonds is 4. The van der Waals surface area contributed by atoms with Gasteiger partial charge in [0, 0.05) is 16.4 Å². The van der Waals surface area contributed by atoms with Gasteiger partial charge in [-0.25, -0.2) is 4.90 Å². The molecule has 6 atom stereocenters. The molecule has 2 aliphatic carbocycles. The number of hydrogen-bond donors (Lipinski definition) is 1. The van der Waals surface area contributed by atoms with Crippen molar-refractivity contribution in [1.82, 2.24) is 4.90 Å². The van der Waals surface area contributed by atoms with Crippen LogP contribution in [0.25, 0.3) is 0 Å². The van der Waals surface area contributed by atoms with E-state index in [1.807, 2.05) is 61.7 Å². The van der Waals surface area contributed by atoms with Crippen LogP contribution in [-0.4, -0.2) is 33.6 Å². The van der Waals surface area contributed by atoms with Crippen LogP contribution >= 0.6 is 11.3 Å². The molecule has 2 aliphatic heterocycles. The highest BCUT2D eigenvalue weighted by atomic mass is 32.1. The molecule has 208 valence electrons. The Bertz CT molecular complexity index is 1630. The number of nitrogens with zero attached hydrogens (tertiary/aromatic N) is 2. The predicted molar refractivity (Wildman–Crippen MR) is 154 cm³/mol. The Hall–Kier alpha value is -4.04. The maximum absolute atomic E-state index is 14.4. The molecule has 2 saturated heterocycles. The number of allylic oxidation sites excluding steroid dienone is 2. The number of amides is 4. The lowest BCUT2D eigenvalue weighted by Crippen LogP contribution is -2.48. The lowest BCUT2D eigenvalue weighted by atomic mass is 9.51. The molecule has 0 spiro atoms. The molecule has 0 radical (unpaired) electrons. The van der Waals surface area contributed by atoms with Crippen molar-refractivity contribution >= 4 is 40.7 Å². The molecule has 3 fully saturated rings. The van der Waals surface area contributed by atoms with Crippen molar-refractivity contribution in [3.05, 3.63) is 93.7 Å². The van der Waals surface area contributed by atoms with Crippen LogP contribution in [0.3, 0.4) is 0 Å². The van der Waals surface area contributed by atoms with E-state index in [0.29, 0.717) is 29.7 Å². The normalized spacial score (nSPS) is 30.8. The minimum Gasteiger partial charge on any atom is -0.507 e. The summed E-state index contributed by atoms with van der Waals surface area (Å²) in [4.78, 5) is 59.6. The lowest BCUT2D eigenvalue weighted by Gasteiger charge is -2.49. The number of likely N-dealkylation sites (tertiary alicyclic amines) is 1. The first kappa shape index (κ1) is 25.9. The lowest BCUT2D eigenvalue weighted by molar-refractivity contribution is -0.141. The van der Waals surface area contributed by atoms with Crippen LogP contribution in [0.4, 0.5) is 5.69 Å². The van der Waals surface area contributed by atoms with E-state index in [2.05, 4.69) is 0 Å². The minimum atomic E-state index is -1.17. The molecule has 8 heteroatoms. The van der Waals surface area contributed by atoms with E-state index in [1.54, 1.807) is 24.3 Å². The van der Waals surface area contributed by atoms with E-state index in [9.17, 15) is 24.3 Å². The fourth-order valence-corrected chi connectivity index (χ4v) is 8.57. The second-order valence-electron chi connectivity index (χ2n) is 11.9. The molecule has 1 aromatic heterocycles. The minimum absolute atomic E-state index is 0.0905. The van der Waals surface area contributed by atoms with Gasteiger partial charge in [-0.2, -0.15) is 0 Å². The zero-order valence-corrected chi connectivity index (χ0v) is 23.6. The molecule has 4 aliphatic rings. The van der Waals surface area contributed by atoms with Crippen molar-refractivity contribution in [2.24, 2.45) is 29.1 Å². The first-order chi connectivity index (χ1) is 19.7. The second kappa shape index (κ2) is 9.24. The predicted octanol–water partition coefficient (Wildman–Crippen LogP) is 5.19. The van der Waals surface area contributed by atoms with Crippen LogP contribution < -0.4 is 4.90 Å². The smallest absolute Gasteiger partial charge is 0.241 e. The molecule has 7 rings (SSSR count). The summed E-state index contributed by atoms with van der Waals surface area (Å²) in [5.74, 6) is -3.72.